The average Bonchev–Trinajstić information content (AvgIpc) is 1.61. The number of carbonyl (C=O) groups excluding carboxylic acids is 2. The number of aromatic amines is 4. The summed E-state index contributed by atoms with van der Waals surface area (Å²) >= 11 is 0. The smallest absolute Gasteiger partial charge is 0.328 e. The molecule has 0 fully saturated rings. The molecule has 13 nitrogen and oxygen atoms in total. The Morgan fingerprint density at radius 2 is 0.491 bits per heavy atom. The number of nitrogens with one attached hydrogen (secondary N) is 4. The molecule has 1 atom stereocenters. The highest BCUT2D eigenvalue weighted by atomic mass is 16.5. The molecule has 0 saturated carbocycles. The average molecular weight is 1370 g/mol. The van der Waals surface area contributed by atoms with Crippen LogP contribution >= 0.6 is 0 Å². The Kier molecular flexibility index (Phi) is 16.7. The molecule has 0 aliphatic carbocycles. The molecule has 4 aliphatic heterocycles. The summed E-state index contributed by atoms with van der Waals surface area (Å²) in [6, 6.07) is 91.8. The minimum Gasteiger partial charge on any atom is -0.426 e. The molecule has 16 bridgehead atoms. The number of nitrogens with zero attached hydrogens (tertiary/aromatic N) is 4. The highest BCUT2D eigenvalue weighted by Crippen LogP contribution is 2.44. The van der Waals surface area contributed by atoms with Gasteiger partial charge in [-0.15, -0.1) is 0 Å². The highest BCUT2D eigenvalue weighted by Gasteiger charge is 2.27. The Bertz CT molecular complexity index is 6240. The van der Waals surface area contributed by atoms with Crippen LogP contribution in [0.5, 0.6) is 11.5 Å². The van der Waals surface area contributed by atoms with Crippen molar-refractivity contribution in [2.75, 3.05) is 0 Å². The molecule has 0 spiro atoms. The molecular formula is C93H65N9O4. The standard InChI is InChI=1S/C93H65N9O4/c94-65(93(104)106-83-38-22-20-36-64(83)92-80-54-50-76(101-80)89(61-31-15-5-16-32-61)72-46-42-68(97-72)86(58-25-9-2-10-26-58)69-43-47-73(98-69)90(62-33-17-6-18-34-62)77-51-55-81(92)102-77)39-56-84(103)105-82-37-21-19-35-63(82)91-78-52-48-74(99-78)87(59-27-11-3-12-28-59)70-44-40-66(95-70)85(57-23-7-1-8-24-57)67-41-45-71(96-67)88(60-29-13-4-14-30-60)75-49-53-79(91)100-75/h1-38,40-55,65,95,97,100,102H,39,56,94H2/t65-/m1/s1. The maximum atomic E-state index is 14.6. The fourth-order valence-corrected chi connectivity index (χ4v) is 14.7. The summed E-state index contributed by atoms with van der Waals surface area (Å²) in [6.45, 7) is 0. The van der Waals surface area contributed by atoms with Gasteiger partial charge in [-0.3, -0.25) is 4.79 Å². The third kappa shape index (κ3) is 12.2. The lowest BCUT2D eigenvalue weighted by Gasteiger charge is -2.15. The SMILES string of the molecule is N[C@H](CCC(=O)Oc1ccccc1-c1c2nc(c(-c3ccccc3)c3ccc([nH]3)c(-c3ccccc3)c3nc(c(-c4ccccc4)c4ccc1[nH]4)C=C3)C=C2)C(=O)Oc1ccccc1-c1c2nc(c(-c3ccccc3)c3ccc([nH]3)c(-c3ccccc3)c3nc(c(-c4ccccc4)c4ccc1[nH]4)C=C3)C=C2. The maximum Gasteiger partial charge on any atom is 0.328 e. The van der Waals surface area contributed by atoms with E-state index in [0.717, 1.165) is 140 Å². The summed E-state index contributed by atoms with van der Waals surface area (Å²) in [5, 5.41) is 0. The lowest BCUT2D eigenvalue weighted by molar-refractivity contribution is -0.137. The van der Waals surface area contributed by atoms with Crippen LogP contribution in [0.3, 0.4) is 0 Å². The number of nitrogens with two attached hydrogens (primary N) is 1. The summed E-state index contributed by atoms with van der Waals surface area (Å²) < 4.78 is 12.8. The highest BCUT2D eigenvalue weighted by molar-refractivity contribution is 6.04. The van der Waals surface area contributed by atoms with Crippen LogP contribution in [0.2, 0.25) is 0 Å². The first kappa shape index (κ1) is 64.0. The molecule has 13 heteroatoms. The van der Waals surface area contributed by atoms with Gasteiger partial charge in [-0.25, -0.2) is 24.7 Å². The van der Waals surface area contributed by atoms with Crippen LogP contribution in [0, 0.1) is 0 Å². The largest absolute Gasteiger partial charge is 0.426 e. The number of fused-ring (bicyclic) bond motifs is 16. The number of para-hydroxylation sites is 2. The summed E-state index contributed by atoms with van der Waals surface area (Å²) in [6.07, 6.45) is 16.1. The van der Waals surface area contributed by atoms with Gasteiger partial charge in [0.15, 0.2) is 0 Å². The molecule has 18 rings (SSSR count). The first-order chi connectivity index (χ1) is 52.3. The second-order valence-corrected chi connectivity index (χ2v) is 26.2. The van der Waals surface area contributed by atoms with Gasteiger partial charge in [0.1, 0.15) is 17.5 Å². The fourth-order valence-electron chi connectivity index (χ4n) is 14.7. The van der Waals surface area contributed by atoms with E-state index in [0.29, 0.717) is 39.2 Å². The van der Waals surface area contributed by atoms with E-state index < -0.39 is 18.0 Å². The molecule has 506 valence electrons. The van der Waals surface area contributed by atoms with Crippen molar-refractivity contribution in [3.05, 3.63) is 325 Å². The number of ether oxygens (including phenoxy) is 2. The van der Waals surface area contributed by atoms with Gasteiger partial charge in [0.2, 0.25) is 0 Å². The van der Waals surface area contributed by atoms with Gasteiger partial charge in [-0.05, 0) is 149 Å². The van der Waals surface area contributed by atoms with Crippen LogP contribution in [0.25, 0.3) is 182 Å². The quantitative estimate of drug-likeness (QED) is 0.0520. The topological polar surface area (TPSA) is 193 Å². The zero-order valence-electron chi connectivity index (χ0n) is 57.2. The molecule has 106 heavy (non-hydrogen) atoms. The summed E-state index contributed by atoms with van der Waals surface area (Å²) in [4.78, 5) is 66.3. The van der Waals surface area contributed by atoms with Crippen LogP contribution in [0.1, 0.15) is 58.4 Å². The number of hydrogen-bond acceptors (Lipinski definition) is 9. The third-order valence-corrected chi connectivity index (χ3v) is 19.6. The molecule has 10 heterocycles. The van der Waals surface area contributed by atoms with Gasteiger partial charge in [-0.2, -0.15) is 0 Å². The van der Waals surface area contributed by atoms with Crippen molar-refractivity contribution in [3.63, 3.8) is 0 Å². The van der Waals surface area contributed by atoms with Gasteiger partial charge in [0.05, 0.1) is 45.6 Å². The predicted octanol–water partition coefficient (Wildman–Crippen LogP) is 21.6. The van der Waals surface area contributed by atoms with Gasteiger partial charge in [0, 0.05) is 106 Å². The zero-order valence-corrected chi connectivity index (χ0v) is 57.2. The minimum absolute atomic E-state index is 0.0892. The zero-order chi connectivity index (χ0) is 71.0. The van der Waals surface area contributed by atoms with Crippen molar-refractivity contribution < 1.29 is 19.1 Å². The molecular weight excluding hydrogens is 1310 g/mol. The number of carbonyl (C=O) groups is 2. The normalized spacial score (nSPS) is 12.3. The van der Waals surface area contributed by atoms with E-state index in [1.807, 2.05) is 182 Å². The Balaban J connectivity index is 0.705. The van der Waals surface area contributed by atoms with Gasteiger partial charge >= 0.3 is 11.9 Å². The summed E-state index contributed by atoms with van der Waals surface area (Å²) in [7, 11) is 0. The number of benzene rings is 8. The Labute approximate surface area is 609 Å². The number of hydrogen-bond donors (Lipinski definition) is 5. The maximum absolute atomic E-state index is 14.6. The van der Waals surface area contributed by atoms with Crippen LogP contribution in [0.4, 0.5) is 0 Å². The Morgan fingerprint density at radius 3 is 0.755 bits per heavy atom. The number of H-pyrrole nitrogens is 4. The molecule has 8 aromatic carbocycles. The van der Waals surface area contributed by atoms with E-state index in [1.54, 1.807) is 12.1 Å². The van der Waals surface area contributed by atoms with Crippen molar-refractivity contribution >= 4 is 105 Å². The summed E-state index contributed by atoms with van der Waals surface area (Å²) in [5.41, 5.74) is 33.2. The van der Waals surface area contributed by atoms with Crippen molar-refractivity contribution in [3.8, 4) is 101 Å². The molecule has 0 amide bonds. The van der Waals surface area contributed by atoms with Crippen molar-refractivity contribution in [2.45, 2.75) is 18.9 Å². The first-order valence-electron chi connectivity index (χ1n) is 35.3. The van der Waals surface area contributed by atoms with E-state index in [-0.39, 0.29) is 24.3 Å². The molecule has 6 aromatic heterocycles. The van der Waals surface area contributed by atoms with Crippen molar-refractivity contribution in [1.29, 1.82) is 0 Å². The van der Waals surface area contributed by atoms with Crippen LogP contribution < -0.4 is 15.2 Å². The van der Waals surface area contributed by atoms with E-state index in [4.69, 9.17) is 35.1 Å². The predicted molar refractivity (Wildman–Crippen MR) is 430 cm³/mol. The summed E-state index contributed by atoms with van der Waals surface area (Å²) in [5.74, 6) is -0.794. The van der Waals surface area contributed by atoms with Gasteiger partial charge in [0.25, 0.3) is 0 Å². The Morgan fingerprint density at radius 1 is 0.274 bits per heavy atom. The van der Waals surface area contributed by atoms with Crippen LogP contribution in [-0.2, 0) is 9.59 Å². The fraction of sp³-hybridized carbons (Fsp3) is 0.0323. The first-order valence-corrected chi connectivity index (χ1v) is 35.3. The molecule has 14 aromatic rings. The van der Waals surface area contributed by atoms with E-state index >= 15 is 0 Å². The van der Waals surface area contributed by atoms with Crippen molar-refractivity contribution in [1.82, 2.24) is 39.9 Å². The number of aromatic nitrogens is 8. The second-order valence-electron chi connectivity index (χ2n) is 26.2. The van der Waals surface area contributed by atoms with Gasteiger partial charge < -0.3 is 35.1 Å². The molecule has 0 radical (unpaired) electrons. The van der Waals surface area contributed by atoms with Crippen LogP contribution in [0.15, 0.2) is 279 Å². The lowest BCUT2D eigenvalue weighted by Crippen LogP contribution is -2.35. The molecule has 0 saturated heterocycles. The second kappa shape index (κ2) is 27.7. The van der Waals surface area contributed by atoms with Crippen LogP contribution in [-0.4, -0.2) is 57.9 Å². The van der Waals surface area contributed by atoms with E-state index in [9.17, 15) is 9.59 Å². The van der Waals surface area contributed by atoms with Gasteiger partial charge in [-0.1, -0.05) is 218 Å². The number of esters is 2. The number of rotatable bonds is 14. The molecule has 4 aliphatic rings. The van der Waals surface area contributed by atoms with Crippen molar-refractivity contribution in [2.24, 2.45) is 5.73 Å². The third-order valence-electron chi connectivity index (χ3n) is 19.6. The van der Waals surface area contributed by atoms with E-state index in [1.165, 1.54) is 0 Å². The monoisotopic (exact) mass is 1370 g/mol. The minimum atomic E-state index is -1.24. The lowest BCUT2D eigenvalue weighted by atomic mass is 10.0. The molecule has 0 unspecified atom stereocenters. The molecule has 6 N–H and O–H groups in total. The Hall–Kier alpha value is -14.1. The van der Waals surface area contributed by atoms with E-state index in [2.05, 4.69) is 153 Å².